The summed E-state index contributed by atoms with van der Waals surface area (Å²) in [5, 5.41) is 3.21. The second-order valence-corrected chi connectivity index (χ2v) is 5.85. The van der Waals surface area contributed by atoms with E-state index in [-0.39, 0.29) is 11.5 Å². The van der Waals surface area contributed by atoms with E-state index in [1.54, 1.807) is 12.3 Å². The first kappa shape index (κ1) is 15.0. The summed E-state index contributed by atoms with van der Waals surface area (Å²) in [7, 11) is 1.96. The molecule has 4 nitrogen and oxygen atoms in total. The summed E-state index contributed by atoms with van der Waals surface area (Å²) in [6.45, 7) is 2.78. The Labute approximate surface area is 131 Å². The fraction of sp³-hybridized carbons (Fsp3) is 0.389. The zero-order valence-electron chi connectivity index (χ0n) is 13.0. The summed E-state index contributed by atoms with van der Waals surface area (Å²) in [6.07, 6.45) is 3.63. The topological polar surface area (TPSA) is 48.1 Å². The molecule has 0 saturated heterocycles. The highest BCUT2D eigenvalue weighted by molar-refractivity contribution is 5.27. The third kappa shape index (κ3) is 3.13. The van der Waals surface area contributed by atoms with Crippen molar-refractivity contribution in [2.24, 2.45) is 0 Å². The first-order valence-corrected chi connectivity index (χ1v) is 7.92. The van der Waals surface area contributed by atoms with E-state index >= 15 is 0 Å². The summed E-state index contributed by atoms with van der Waals surface area (Å²) >= 11 is 0. The van der Waals surface area contributed by atoms with E-state index in [0.717, 1.165) is 43.7 Å². The van der Waals surface area contributed by atoms with Crippen LogP contribution in [-0.4, -0.2) is 30.0 Å². The fourth-order valence-corrected chi connectivity index (χ4v) is 3.32. The normalized spacial score (nSPS) is 18.1. The summed E-state index contributed by atoms with van der Waals surface area (Å²) in [5.74, 6) is 0. The van der Waals surface area contributed by atoms with Crippen LogP contribution >= 0.6 is 0 Å². The number of aromatic amines is 1. The molecule has 0 aliphatic carbocycles. The molecular weight excluding hydrogens is 274 g/mol. The molecule has 0 radical (unpaired) electrons. The molecule has 22 heavy (non-hydrogen) atoms. The van der Waals surface area contributed by atoms with Crippen LogP contribution in [0.2, 0.25) is 0 Å². The van der Waals surface area contributed by atoms with E-state index in [0.29, 0.717) is 0 Å². The molecule has 1 aromatic carbocycles. The molecule has 1 aromatic heterocycles. The van der Waals surface area contributed by atoms with E-state index in [1.807, 2.05) is 13.1 Å². The van der Waals surface area contributed by atoms with E-state index < -0.39 is 0 Å². The third-order valence-electron chi connectivity index (χ3n) is 4.40. The minimum atomic E-state index is 0.160. The van der Waals surface area contributed by atoms with Gasteiger partial charge in [-0.05, 0) is 25.6 Å². The van der Waals surface area contributed by atoms with Gasteiger partial charge in [0.1, 0.15) is 0 Å². The Balaban J connectivity index is 1.90. The maximum absolute atomic E-state index is 12.4. The Morgan fingerprint density at radius 1 is 1.27 bits per heavy atom. The molecule has 1 aliphatic rings. The summed E-state index contributed by atoms with van der Waals surface area (Å²) in [5.41, 5.74) is 3.53. The maximum atomic E-state index is 12.4. The molecule has 1 atom stereocenters. The van der Waals surface area contributed by atoms with Crippen LogP contribution in [0.25, 0.3) is 0 Å². The molecular formula is C18H23N3O. The number of H-pyrrole nitrogens is 1. The lowest BCUT2D eigenvalue weighted by atomic mass is 9.93. The molecule has 2 N–H and O–H groups in total. The molecule has 116 valence electrons. The highest BCUT2D eigenvalue weighted by Gasteiger charge is 2.29. The maximum Gasteiger partial charge on any atom is 0.186 e. The lowest BCUT2D eigenvalue weighted by Crippen LogP contribution is -2.39. The Hall–Kier alpha value is -1.91. The van der Waals surface area contributed by atoms with Crippen LogP contribution in [0.5, 0.6) is 0 Å². The Bertz CT molecular complexity index is 666. The van der Waals surface area contributed by atoms with Crippen molar-refractivity contribution in [2.75, 3.05) is 20.1 Å². The van der Waals surface area contributed by atoms with Crippen LogP contribution in [0.4, 0.5) is 0 Å². The van der Waals surface area contributed by atoms with Gasteiger partial charge in [0.15, 0.2) is 5.43 Å². The summed E-state index contributed by atoms with van der Waals surface area (Å²) in [6, 6.07) is 12.3. The number of hydrogen-bond acceptors (Lipinski definition) is 3. The second kappa shape index (κ2) is 6.90. The van der Waals surface area contributed by atoms with Gasteiger partial charge in [-0.25, -0.2) is 0 Å². The average molecular weight is 297 g/mol. The van der Waals surface area contributed by atoms with Gasteiger partial charge >= 0.3 is 0 Å². The predicted molar refractivity (Wildman–Crippen MR) is 88.9 cm³/mol. The molecule has 2 aromatic rings. The highest BCUT2D eigenvalue weighted by atomic mass is 16.1. The molecule has 0 bridgehead atoms. The summed E-state index contributed by atoms with van der Waals surface area (Å²) < 4.78 is 0. The van der Waals surface area contributed by atoms with Crippen molar-refractivity contribution in [1.82, 2.24) is 15.2 Å². The van der Waals surface area contributed by atoms with E-state index in [9.17, 15) is 4.79 Å². The van der Waals surface area contributed by atoms with Crippen LogP contribution in [0.3, 0.4) is 0 Å². The van der Waals surface area contributed by atoms with Crippen molar-refractivity contribution in [3.05, 3.63) is 69.6 Å². The second-order valence-electron chi connectivity index (χ2n) is 5.85. The minimum Gasteiger partial charge on any atom is -0.364 e. The van der Waals surface area contributed by atoms with Gasteiger partial charge in [-0.15, -0.1) is 0 Å². The van der Waals surface area contributed by atoms with Crippen LogP contribution < -0.4 is 10.7 Å². The molecule has 3 rings (SSSR count). The standard InChI is InChI=1S/C18H23N3O/c1-19-10-7-16-18-15(20-11-8-17(18)22)9-12-21(16)13-14-5-3-2-4-6-14/h2-6,8,11,16,19H,7,9-10,12-13H2,1H3,(H,20,22). The van der Waals surface area contributed by atoms with Crippen molar-refractivity contribution >= 4 is 0 Å². The van der Waals surface area contributed by atoms with Gasteiger partial charge in [0, 0.05) is 49.1 Å². The largest absolute Gasteiger partial charge is 0.364 e. The van der Waals surface area contributed by atoms with Crippen molar-refractivity contribution in [3.8, 4) is 0 Å². The first-order chi connectivity index (χ1) is 10.8. The van der Waals surface area contributed by atoms with E-state index in [2.05, 4.69) is 39.5 Å². The zero-order chi connectivity index (χ0) is 15.4. The van der Waals surface area contributed by atoms with Crippen molar-refractivity contribution < 1.29 is 0 Å². The van der Waals surface area contributed by atoms with Gasteiger partial charge in [0.25, 0.3) is 0 Å². The van der Waals surface area contributed by atoms with Crippen molar-refractivity contribution in [3.63, 3.8) is 0 Å². The van der Waals surface area contributed by atoms with Gasteiger partial charge in [-0.2, -0.15) is 0 Å². The lowest BCUT2D eigenvalue weighted by molar-refractivity contribution is 0.164. The summed E-state index contributed by atoms with van der Waals surface area (Å²) in [4.78, 5) is 18.1. The minimum absolute atomic E-state index is 0.160. The highest BCUT2D eigenvalue weighted by Crippen LogP contribution is 2.30. The molecule has 0 spiro atoms. The SMILES string of the molecule is CNCCC1c2c([nH]ccc2=O)CCN1Cc1ccccc1. The van der Waals surface area contributed by atoms with E-state index in [4.69, 9.17) is 0 Å². The zero-order valence-corrected chi connectivity index (χ0v) is 13.0. The van der Waals surface area contributed by atoms with Gasteiger partial charge < -0.3 is 10.3 Å². The lowest BCUT2D eigenvalue weighted by Gasteiger charge is -2.36. The first-order valence-electron chi connectivity index (χ1n) is 7.92. The number of nitrogens with zero attached hydrogens (tertiary/aromatic N) is 1. The van der Waals surface area contributed by atoms with Crippen LogP contribution in [-0.2, 0) is 13.0 Å². The number of rotatable bonds is 5. The van der Waals surface area contributed by atoms with Crippen molar-refractivity contribution in [1.29, 1.82) is 0 Å². The Morgan fingerprint density at radius 2 is 2.09 bits per heavy atom. The monoisotopic (exact) mass is 297 g/mol. The predicted octanol–water partition coefficient (Wildman–Crippen LogP) is 2.08. The fourth-order valence-electron chi connectivity index (χ4n) is 3.32. The van der Waals surface area contributed by atoms with Crippen LogP contribution in [0.1, 0.15) is 29.3 Å². The number of fused-ring (bicyclic) bond motifs is 1. The molecule has 1 aliphatic heterocycles. The molecule has 2 heterocycles. The molecule has 4 heteroatoms. The molecule has 1 unspecified atom stereocenters. The number of nitrogens with one attached hydrogen (secondary N) is 2. The van der Waals surface area contributed by atoms with Crippen LogP contribution in [0.15, 0.2) is 47.4 Å². The third-order valence-corrected chi connectivity index (χ3v) is 4.40. The number of aromatic nitrogens is 1. The van der Waals surface area contributed by atoms with Gasteiger partial charge in [0.05, 0.1) is 0 Å². The van der Waals surface area contributed by atoms with Crippen molar-refractivity contribution in [2.45, 2.75) is 25.4 Å². The molecule has 0 amide bonds. The van der Waals surface area contributed by atoms with Crippen LogP contribution in [0, 0.1) is 0 Å². The molecule has 0 saturated carbocycles. The quantitative estimate of drug-likeness (QED) is 0.888. The number of pyridine rings is 1. The smallest absolute Gasteiger partial charge is 0.186 e. The Morgan fingerprint density at radius 3 is 2.86 bits per heavy atom. The average Bonchev–Trinajstić information content (AvgIpc) is 2.55. The number of benzene rings is 1. The Kier molecular flexibility index (Phi) is 4.71. The molecule has 0 fully saturated rings. The van der Waals surface area contributed by atoms with Gasteiger partial charge in [-0.1, -0.05) is 30.3 Å². The number of hydrogen-bond donors (Lipinski definition) is 2. The van der Waals surface area contributed by atoms with E-state index in [1.165, 1.54) is 5.56 Å². The van der Waals surface area contributed by atoms with Gasteiger partial charge in [0.2, 0.25) is 0 Å². The van der Waals surface area contributed by atoms with Gasteiger partial charge in [-0.3, -0.25) is 9.69 Å².